The number of piperazine rings is 1. The lowest BCUT2D eigenvalue weighted by molar-refractivity contribution is -0.138. The van der Waals surface area contributed by atoms with E-state index in [2.05, 4.69) is 47.9 Å². The van der Waals surface area contributed by atoms with E-state index in [4.69, 9.17) is 4.52 Å². The quantitative estimate of drug-likeness (QED) is 0.444. The molecule has 2 fully saturated rings. The van der Waals surface area contributed by atoms with Gasteiger partial charge in [0, 0.05) is 38.3 Å². The van der Waals surface area contributed by atoms with Crippen molar-refractivity contribution in [2.75, 3.05) is 39.3 Å². The van der Waals surface area contributed by atoms with Gasteiger partial charge in [-0.25, -0.2) is 8.42 Å². The first-order chi connectivity index (χ1) is 19.0. The van der Waals surface area contributed by atoms with Crippen LogP contribution in [-0.4, -0.2) is 77.8 Å². The largest absolute Gasteiger partial charge is 0.340 e. The monoisotopic (exact) mass is 565 g/mol. The van der Waals surface area contributed by atoms with E-state index in [1.807, 2.05) is 24.0 Å². The predicted molar refractivity (Wildman–Crippen MR) is 153 cm³/mol. The molecule has 9 nitrogen and oxygen atoms in total. The first kappa shape index (κ1) is 28.4. The van der Waals surface area contributed by atoms with Crippen molar-refractivity contribution in [3.63, 3.8) is 0 Å². The van der Waals surface area contributed by atoms with E-state index in [9.17, 15) is 13.2 Å². The number of nitrogens with zero attached hydrogens (tertiary/aromatic N) is 5. The number of sulfonamides is 1. The molecule has 1 amide bonds. The highest BCUT2D eigenvalue weighted by molar-refractivity contribution is 7.89. The van der Waals surface area contributed by atoms with Gasteiger partial charge in [0.2, 0.25) is 27.6 Å². The molecule has 2 aromatic carbocycles. The normalized spacial score (nSPS) is 19.6. The van der Waals surface area contributed by atoms with Crippen molar-refractivity contribution in [3.8, 4) is 11.4 Å². The van der Waals surface area contributed by atoms with Crippen molar-refractivity contribution >= 4 is 15.9 Å². The Bertz CT molecular complexity index is 1420. The molecule has 5 rings (SSSR count). The van der Waals surface area contributed by atoms with Crippen molar-refractivity contribution < 1.29 is 17.7 Å². The van der Waals surface area contributed by atoms with E-state index in [1.165, 1.54) is 9.87 Å². The van der Waals surface area contributed by atoms with Crippen molar-refractivity contribution in [3.05, 3.63) is 65.5 Å². The molecule has 0 bridgehead atoms. The average Bonchev–Trinajstić information content (AvgIpc) is 3.41. The SMILES string of the molecule is Cc1ccc(S(=O)(=O)N2CCN(C(=O)C3CCCN(Cc4nc(-c5ccc(C(C)(C)C)cc5)no4)C3)CC2)cc1. The molecule has 3 heterocycles. The smallest absolute Gasteiger partial charge is 0.243 e. The van der Waals surface area contributed by atoms with E-state index in [1.54, 1.807) is 24.3 Å². The maximum atomic E-state index is 13.4. The second-order valence-corrected chi connectivity index (χ2v) is 13.9. The highest BCUT2D eigenvalue weighted by Gasteiger charge is 2.34. The summed E-state index contributed by atoms with van der Waals surface area (Å²) in [4.78, 5) is 22.3. The van der Waals surface area contributed by atoms with Crippen molar-refractivity contribution in [2.24, 2.45) is 5.92 Å². The minimum Gasteiger partial charge on any atom is -0.340 e. The molecule has 10 heteroatoms. The number of hydrogen-bond donors (Lipinski definition) is 0. The van der Waals surface area contributed by atoms with Crippen LogP contribution in [0.1, 0.15) is 50.6 Å². The van der Waals surface area contributed by atoms with Crippen LogP contribution in [0.4, 0.5) is 0 Å². The van der Waals surface area contributed by atoms with Gasteiger partial charge in [-0.1, -0.05) is 67.9 Å². The van der Waals surface area contributed by atoms with Gasteiger partial charge >= 0.3 is 0 Å². The number of piperidine rings is 1. The van der Waals surface area contributed by atoms with Crippen LogP contribution in [0.15, 0.2) is 57.9 Å². The van der Waals surface area contributed by atoms with Gasteiger partial charge in [0.1, 0.15) is 0 Å². The highest BCUT2D eigenvalue weighted by Crippen LogP contribution is 2.26. The minimum absolute atomic E-state index is 0.0793. The summed E-state index contributed by atoms with van der Waals surface area (Å²) < 4.78 is 33.1. The fourth-order valence-electron chi connectivity index (χ4n) is 5.41. The number of carbonyl (C=O) groups is 1. The first-order valence-electron chi connectivity index (χ1n) is 14.0. The average molecular weight is 566 g/mol. The number of carbonyl (C=O) groups excluding carboxylic acids is 1. The second kappa shape index (κ2) is 11.4. The summed E-state index contributed by atoms with van der Waals surface area (Å²) in [5, 5.41) is 4.18. The third-order valence-electron chi connectivity index (χ3n) is 7.90. The van der Waals surface area contributed by atoms with Crippen molar-refractivity contribution in [1.82, 2.24) is 24.2 Å². The molecule has 40 heavy (non-hydrogen) atoms. The van der Waals surface area contributed by atoms with Crippen LogP contribution < -0.4 is 0 Å². The highest BCUT2D eigenvalue weighted by atomic mass is 32.2. The van der Waals surface area contributed by atoms with Crippen LogP contribution in [0.5, 0.6) is 0 Å². The Kier molecular flexibility index (Phi) is 8.13. The van der Waals surface area contributed by atoms with Crippen LogP contribution in [0, 0.1) is 12.8 Å². The first-order valence-corrected chi connectivity index (χ1v) is 15.5. The number of benzene rings is 2. The van der Waals surface area contributed by atoms with E-state index < -0.39 is 10.0 Å². The summed E-state index contributed by atoms with van der Waals surface area (Å²) in [7, 11) is -3.56. The van der Waals surface area contributed by atoms with E-state index in [0.29, 0.717) is 55.9 Å². The lowest BCUT2D eigenvalue weighted by Crippen LogP contribution is -2.53. The van der Waals surface area contributed by atoms with Gasteiger partial charge in [-0.2, -0.15) is 9.29 Å². The maximum absolute atomic E-state index is 13.4. The minimum atomic E-state index is -3.56. The van der Waals surface area contributed by atoms with E-state index >= 15 is 0 Å². The molecule has 2 saturated heterocycles. The molecule has 1 atom stereocenters. The number of amides is 1. The molecule has 0 radical (unpaired) electrons. The Morgan fingerprint density at radius 3 is 2.30 bits per heavy atom. The lowest BCUT2D eigenvalue weighted by Gasteiger charge is -2.38. The molecule has 1 aromatic heterocycles. The molecular formula is C30H39N5O4S. The van der Waals surface area contributed by atoms with Crippen LogP contribution in [-0.2, 0) is 26.8 Å². The Balaban J connectivity index is 1.15. The summed E-state index contributed by atoms with van der Waals surface area (Å²) in [5.41, 5.74) is 3.26. The maximum Gasteiger partial charge on any atom is 0.243 e. The fraction of sp³-hybridized carbons (Fsp3) is 0.500. The van der Waals surface area contributed by atoms with Crippen LogP contribution in [0.25, 0.3) is 11.4 Å². The Labute approximate surface area is 237 Å². The number of hydrogen-bond acceptors (Lipinski definition) is 7. The molecule has 0 aliphatic carbocycles. The van der Waals surface area contributed by atoms with Gasteiger partial charge < -0.3 is 9.42 Å². The zero-order valence-corrected chi connectivity index (χ0v) is 24.7. The topological polar surface area (TPSA) is 99.9 Å². The van der Waals surface area contributed by atoms with Gasteiger partial charge in [0.15, 0.2) is 0 Å². The lowest BCUT2D eigenvalue weighted by atomic mass is 9.87. The number of likely N-dealkylation sites (tertiary alicyclic amines) is 1. The Morgan fingerprint density at radius 2 is 1.65 bits per heavy atom. The third-order valence-corrected chi connectivity index (χ3v) is 9.81. The molecule has 2 aliphatic rings. The van der Waals surface area contributed by atoms with Gasteiger partial charge in [-0.3, -0.25) is 9.69 Å². The summed E-state index contributed by atoms with van der Waals surface area (Å²) in [6.45, 7) is 11.9. The number of aromatic nitrogens is 2. The molecule has 2 aliphatic heterocycles. The van der Waals surface area contributed by atoms with Gasteiger partial charge in [0.05, 0.1) is 17.4 Å². The predicted octanol–water partition coefficient (Wildman–Crippen LogP) is 4.09. The van der Waals surface area contributed by atoms with E-state index in [0.717, 1.165) is 30.5 Å². The molecular weight excluding hydrogens is 526 g/mol. The third kappa shape index (κ3) is 6.29. The Morgan fingerprint density at radius 1 is 0.975 bits per heavy atom. The Hall–Kier alpha value is -3.08. The van der Waals surface area contributed by atoms with Gasteiger partial charge in [-0.15, -0.1) is 0 Å². The zero-order chi connectivity index (χ0) is 28.5. The number of aryl methyl sites for hydroxylation is 1. The van der Waals surface area contributed by atoms with Crippen LogP contribution in [0.2, 0.25) is 0 Å². The van der Waals surface area contributed by atoms with Gasteiger partial charge in [-0.05, 0) is 49.4 Å². The standard InChI is InChI=1S/C30H39N5O4S/c1-22-7-13-26(14-8-22)40(37,38)35-18-16-34(17-19-35)29(36)24-6-5-15-33(20-24)21-27-31-28(32-39-27)23-9-11-25(12-10-23)30(2,3)4/h7-14,24H,5-6,15-21H2,1-4H3. The van der Waals surface area contributed by atoms with E-state index in [-0.39, 0.29) is 17.2 Å². The zero-order valence-electron chi connectivity index (χ0n) is 23.8. The summed E-state index contributed by atoms with van der Waals surface area (Å²) in [5.74, 6) is 1.08. The second-order valence-electron chi connectivity index (χ2n) is 12.0. The van der Waals surface area contributed by atoms with Crippen molar-refractivity contribution in [1.29, 1.82) is 0 Å². The van der Waals surface area contributed by atoms with Crippen LogP contribution >= 0.6 is 0 Å². The molecule has 1 unspecified atom stereocenters. The summed E-state index contributed by atoms with van der Waals surface area (Å²) >= 11 is 0. The van der Waals surface area contributed by atoms with Crippen molar-refractivity contribution in [2.45, 2.75) is 57.4 Å². The van der Waals surface area contributed by atoms with Gasteiger partial charge in [0.25, 0.3) is 0 Å². The van der Waals surface area contributed by atoms with Crippen LogP contribution in [0.3, 0.4) is 0 Å². The summed E-state index contributed by atoms with van der Waals surface area (Å²) in [6, 6.07) is 15.2. The fourth-order valence-corrected chi connectivity index (χ4v) is 6.84. The summed E-state index contributed by atoms with van der Waals surface area (Å²) in [6.07, 6.45) is 1.74. The molecule has 214 valence electrons. The number of rotatable bonds is 6. The molecule has 3 aromatic rings. The molecule has 0 spiro atoms. The molecule has 0 saturated carbocycles. The molecule has 0 N–H and O–H groups in total.